The fraction of sp³-hybridized carbons (Fsp3) is 0.455. The van der Waals surface area contributed by atoms with Gasteiger partial charge in [-0.05, 0) is 36.3 Å². The fourth-order valence-electron chi connectivity index (χ4n) is 3.72. The van der Waals surface area contributed by atoms with Crippen LogP contribution in [0.15, 0.2) is 60.7 Å². The smallest absolute Gasteiger partial charge is 0.126 e. The van der Waals surface area contributed by atoms with Gasteiger partial charge < -0.3 is 14.7 Å². The van der Waals surface area contributed by atoms with Gasteiger partial charge in [-0.15, -0.1) is 0 Å². The van der Waals surface area contributed by atoms with E-state index >= 15 is 0 Å². The van der Waals surface area contributed by atoms with Gasteiger partial charge in [-0.1, -0.05) is 60.7 Å². The number of rotatable bonds is 8. The molecule has 3 rings (SSSR count). The average molecular weight is 340 g/mol. The highest BCUT2D eigenvalue weighted by Gasteiger charge is 2.24. The van der Waals surface area contributed by atoms with E-state index in [-0.39, 0.29) is 6.10 Å². The molecule has 3 nitrogen and oxygen atoms in total. The van der Waals surface area contributed by atoms with E-state index < -0.39 is 0 Å². The van der Waals surface area contributed by atoms with E-state index in [2.05, 4.69) is 42.5 Å². The molecule has 2 aromatic carbocycles. The quantitative estimate of drug-likeness (QED) is 0.772. The minimum atomic E-state index is -0.371. The first-order chi connectivity index (χ1) is 12.3. The van der Waals surface area contributed by atoms with Crippen molar-refractivity contribution >= 4 is 0 Å². The molecule has 1 aliphatic rings. The molecule has 0 saturated carbocycles. The number of ether oxygens (including phenoxy) is 1. The molecule has 3 heteroatoms. The molecule has 25 heavy (non-hydrogen) atoms. The molecule has 0 spiro atoms. The maximum atomic E-state index is 10.2. The number of aliphatic hydroxyl groups is 1. The van der Waals surface area contributed by atoms with E-state index in [4.69, 9.17) is 4.74 Å². The molecule has 2 aromatic rings. The van der Waals surface area contributed by atoms with Gasteiger partial charge in [0, 0.05) is 0 Å². The number of piperidine rings is 1. The number of hydrogen-bond donors (Lipinski definition) is 2. The van der Waals surface area contributed by atoms with Crippen molar-refractivity contribution in [2.24, 2.45) is 5.92 Å². The number of quaternary nitrogens is 1. The fourth-order valence-corrected chi connectivity index (χ4v) is 3.72. The highest BCUT2D eigenvalue weighted by Crippen LogP contribution is 2.16. The molecule has 1 atom stereocenters. The van der Waals surface area contributed by atoms with Crippen molar-refractivity contribution in [1.29, 1.82) is 0 Å². The Balaban J connectivity index is 1.31. The van der Waals surface area contributed by atoms with Gasteiger partial charge in [0.25, 0.3) is 0 Å². The van der Waals surface area contributed by atoms with Crippen LogP contribution in [0, 0.1) is 5.92 Å². The number of benzene rings is 2. The highest BCUT2D eigenvalue weighted by molar-refractivity contribution is 5.15. The van der Waals surface area contributed by atoms with Crippen molar-refractivity contribution in [1.82, 2.24) is 0 Å². The zero-order valence-electron chi connectivity index (χ0n) is 14.9. The zero-order valence-corrected chi connectivity index (χ0v) is 14.9. The van der Waals surface area contributed by atoms with E-state index in [0.717, 1.165) is 31.1 Å². The summed E-state index contributed by atoms with van der Waals surface area (Å²) in [5, 5.41) is 10.2. The number of hydrogen-bond acceptors (Lipinski definition) is 2. The largest absolute Gasteiger partial charge is 0.385 e. The average Bonchev–Trinajstić information content (AvgIpc) is 2.65. The lowest BCUT2D eigenvalue weighted by Gasteiger charge is -2.30. The normalized spacial score (nSPS) is 21.8. The van der Waals surface area contributed by atoms with Crippen molar-refractivity contribution in [2.45, 2.75) is 32.0 Å². The van der Waals surface area contributed by atoms with Crippen LogP contribution < -0.4 is 4.90 Å². The van der Waals surface area contributed by atoms with E-state index in [0.29, 0.717) is 13.2 Å². The van der Waals surface area contributed by atoms with Crippen molar-refractivity contribution in [2.75, 3.05) is 26.2 Å². The molecule has 134 valence electrons. The van der Waals surface area contributed by atoms with Gasteiger partial charge in [-0.25, -0.2) is 0 Å². The van der Waals surface area contributed by atoms with Crippen molar-refractivity contribution < 1.29 is 14.7 Å². The third kappa shape index (κ3) is 6.28. The summed E-state index contributed by atoms with van der Waals surface area (Å²) in [7, 11) is 0. The summed E-state index contributed by atoms with van der Waals surface area (Å²) in [5.41, 5.74) is 2.61. The van der Waals surface area contributed by atoms with Gasteiger partial charge in [-0.2, -0.15) is 0 Å². The number of likely N-dealkylation sites (tertiary alicyclic amines) is 1. The molecule has 0 unspecified atom stereocenters. The number of aliphatic hydroxyl groups excluding tert-OH is 1. The van der Waals surface area contributed by atoms with Crippen molar-refractivity contribution in [3.63, 3.8) is 0 Å². The standard InChI is InChI=1S/C22H29NO2/c24-22(18-25-17-21-9-5-2-6-10-21)16-23-13-11-20(12-14-23)15-19-7-3-1-4-8-19/h1-10,20,22,24H,11-18H2/p+1/t22-/m1/s1. The lowest BCUT2D eigenvalue weighted by Crippen LogP contribution is -3.14. The lowest BCUT2D eigenvalue weighted by molar-refractivity contribution is -0.909. The minimum absolute atomic E-state index is 0.371. The number of nitrogens with one attached hydrogen (secondary N) is 1. The molecule has 1 fully saturated rings. The zero-order chi connectivity index (χ0) is 17.3. The Morgan fingerprint density at radius 2 is 1.52 bits per heavy atom. The summed E-state index contributed by atoms with van der Waals surface area (Å²) in [5.74, 6) is 0.789. The van der Waals surface area contributed by atoms with Gasteiger partial charge in [0.15, 0.2) is 0 Å². The first-order valence-electron chi connectivity index (χ1n) is 9.47. The van der Waals surface area contributed by atoms with Crippen molar-refractivity contribution in [3.8, 4) is 0 Å². The molecule has 0 radical (unpaired) electrons. The molecule has 1 saturated heterocycles. The molecule has 2 N–H and O–H groups in total. The summed E-state index contributed by atoms with van der Waals surface area (Å²) in [4.78, 5) is 1.51. The van der Waals surface area contributed by atoms with Gasteiger partial charge in [0.2, 0.25) is 0 Å². The Hall–Kier alpha value is -1.68. The van der Waals surface area contributed by atoms with Crippen LogP contribution in [0.5, 0.6) is 0 Å². The second-order valence-corrected chi connectivity index (χ2v) is 7.24. The highest BCUT2D eigenvalue weighted by atomic mass is 16.5. The Morgan fingerprint density at radius 3 is 2.16 bits per heavy atom. The topological polar surface area (TPSA) is 33.9 Å². The van der Waals surface area contributed by atoms with Crippen LogP contribution in [-0.4, -0.2) is 37.5 Å². The first-order valence-corrected chi connectivity index (χ1v) is 9.47. The monoisotopic (exact) mass is 340 g/mol. The Kier molecular flexibility index (Phi) is 7.04. The molecule has 1 aliphatic heterocycles. The molecule has 0 aliphatic carbocycles. The van der Waals surface area contributed by atoms with Crippen LogP contribution in [0.1, 0.15) is 24.0 Å². The molecular formula is C22H30NO2+. The molecule has 0 amide bonds. The van der Waals surface area contributed by atoms with Gasteiger partial charge in [0.05, 0.1) is 26.3 Å². The second kappa shape index (κ2) is 9.71. The molecular weight excluding hydrogens is 310 g/mol. The van der Waals surface area contributed by atoms with E-state index in [9.17, 15) is 5.11 Å². The van der Waals surface area contributed by atoms with Crippen LogP contribution in [-0.2, 0) is 17.8 Å². The summed E-state index contributed by atoms with van der Waals surface area (Å²) in [6.07, 6.45) is 3.32. The van der Waals surface area contributed by atoms with Crippen LogP contribution >= 0.6 is 0 Å². The van der Waals surface area contributed by atoms with Crippen LogP contribution in [0.2, 0.25) is 0 Å². The minimum Gasteiger partial charge on any atom is -0.385 e. The predicted molar refractivity (Wildman–Crippen MR) is 101 cm³/mol. The summed E-state index contributed by atoms with van der Waals surface area (Å²) in [6, 6.07) is 20.9. The summed E-state index contributed by atoms with van der Waals surface area (Å²) in [6.45, 7) is 4.12. The molecule has 0 bridgehead atoms. The van der Waals surface area contributed by atoms with Gasteiger partial charge >= 0.3 is 0 Å². The third-order valence-electron chi connectivity index (χ3n) is 5.13. The Morgan fingerprint density at radius 1 is 0.920 bits per heavy atom. The summed E-state index contributed by atoms with van der Waals surface area (Å²) < 4.78 is 5.66. The molecule has 1 heterocycles. The summed E-state index contributed by atoms with van der Waals surface area (Å²) >= 11 is 0. The maximum absolute atomic E-state index is 10.2. The predicted octanol–water partition coefficient (Wildman–Crippen LogP) is 2.10. The van der Waals surface area contributed by atoms with E-state index in [1.54, 1.807) is 0 Å². The Bertz CT molecular complexity index is 594. The van der Waals surface area contributed by atoms with Crippen molar-refractivity contribution in [3.05, 3.63) is 71.8 Å². The van der Waals surface area contributed by atoms with Crippen LogP contribution in [0.3, 0.4) is 0 Å². The first kappa shape index (κ1) is 18.1. The molecule has 0 aromatic heterocycles. The second-order valence-electron chi connectivity index (χ2n) is 7.24. The van der Waals surface area contributed by atoms with Gasteiger partial charge in [0.1, 0.15) is 12.6 Å². The van der Waals surface area contributed by atoms with E-state index in [1.807, 2.05) is 18.2 Å². The van der Waals surface area contributed by atoms with Crippen LogP contribution in [0.25, 0.3) is 0 Å². The van der Waals surface area contributed by atoms with E-state index in [1.165, 1.54) is 29.7 Å². The Labute approximate surface area is 151 Å². The SMILES string of the molecule is O[C@@H](COCc1ccccc1)C[NH+]1CCC(Cc2ccccc2)CC1. The van der Waals surface area contributed by atoms with Gasteiger partial charge in [-0.3, -0.25) is 0 Å². The lowest BCUT2D eigenvalue weighted by atomic mass is 9.90. The third-order valence-corrected chi connectivity index (χ3v) is 5.13. The maximum Gasteiger partial charge on any atom is 0.126 e. The van der Waals surface area contributed by atoms with Crippen LogP contribution in [0.4, 0.5) is 0 Å².